The molecule has 3 nitrogen and oxygen atoms in total. The molecule has 1 aromatic carbocycles. The van der Waals surface area contributed by atoms with Gasteiger partial charge in [-0.05, 0) is 43.4 Å². The molecule has 1 aliphatic carbocycles. The molecule has 2 N–H and O–H groups in total. The lowest BCUT2D eigenvalue weighted by Gasteiger charge is -2.20. The van der Waals surface area contributed by atoms with Crippen molar-refractivity contribution in [2.24, 2.45) is 5.92 Å². The minimum atomic E-state index is -0.297. The highest BCUT2D eigenvalue weighted by atomic mass is 16.5. The largest absolute Gasteiger partial charge is 0.497 e. The van der Waals surface area contributed by atoms with Crippen molar-refractivity contribution in [1.29, 1.82) is 0 Å². The van der Waals surface area contributed by atoms with Crippen molar-refractivity contribution in [2.45, 2.75) is 31.9 Å². The van der Waals surface area contributed by atoms with Crippen molar-refractivity contribution in [2.75, 3.05) is 13.7 Å². The SMILES string of the molecule is COc1ccc(C(NCC(C)O)C2CC2)cc1. The van der Waals surface area contributed by atoms with Gasteiger partial charge < -0.3 is 15.2 Å². The fourth-order valence-corrected chi connectivity index (χ4v) is 2.10. The average Bonchev–Trinajstić information content (AvgIpc) is 3.14. The summed E-state index contributed by atoms with van der Waals surface area (Å²) in [5.74, 6) is 1.61. The Morgan fingerprint density at radius 3 is 2.47 bits per heavy atom. The van der Waals surface area contributed by atoms with Crippen LogP contribution in [0.1, 0.15) is 31.4 Å². The number of benzene rings is 1. The minimum absolute atomic E-state index is 0.297. The van der Waals surface area contributed by atoms with Crippen LogP contribution in [0, 0.1) is 5.92 Å². The molecule has 0 bridgehead atoms. The summed E-state index contributed by atoms with van der Waals surface area (Å²) >= 11 is 0. The van der Waals surface area contributed by atoms with E-state index < -0.39 is 0 Å². The van der Waals surface area contributed by atoms with Crippen LogP contribution in [0.5, 0.6) is 5.75 Å². The zero-order valence-electron chi connectivity index (χ0n) is 10.5. The fourth-order valence-electron chi connectivity index (χ4n) is 2.10. The highest BCUT2D eigenvalue weighted by Gasteiger charge is 2.32. The first kappa shape index (κ1) is 12.4. The second-order valence-corrected chi connectivity index (χ2v) is 4.85. The Morgan fingerprint density at radius 1 is 1.35 bits per heavy atom. The lowest BCUT2D eigenvalue weighted by Crippen LogP contribution is -2.29. The van der Waals surface area contributed by atoms with Crippen molar-refractivity contribution < 1.29 is 9.84 Å². The van der Waals surface area contributed by atoms with E-state index in [0.717, 1.165) is 11.7 Å². The summed E-state index contributed by atoms with van der Waals surface area (Å²) in [7, 11) is 1.68. The Bertz CT molecular complexity index is 344. The van der Waals surface area contributed by atoms with Crippen LogP contribution < -0.4 is 10.1 Å². The van der Waals surface area contributed by atoms with Gasteiger partial charge in [-0.2, -0.15) is 0 Å². The topological polar surface area (TPSA) is 41.5 Å². The van der Waals surface area contributed by atoms with E-state index in [2.05, 4.69) is 17.4 Å². The highest BCUT2D eigenvalue weighted by molar-refractivity contribution is 5.30. The summed E-state index contributed by atoms with van der Waals surface area (Å²) in [6.45, 7) is 2.46. The third-order valence-electron chi connectivity index (χ3n) is 3.20. The van der Waals surface area contributed by atoms with Gasteiger partial charge in [-0.1, -0.05) is 12.1 Å². The Morgan fingerprint density at radius 2 is 2.00 bits per heavy atom. The van der Waals surface area contributed by atoms with Crippen LogP contribution in [0.2, 0.25) is 0 Å². The van der Waals surface area contributed by atoms with Crippen molar-refractivity contribution >= 4 is 0 Å². The molecule has 2 unspecified atom stereocenters. The number of hydrogen-bond acceptors (Lipinski definition) is 3. The van der Waals surface area contributed by atoms with Crippen LogP contribution in [0.15, 0.2) is 24.3 Å². The second-order valence-electron chi connectivity index (χ2n) is 4.85. The van der Waals surface area contributed by atoms with Crippen LogP contribution in [0.25, 0.3) is 0 Å². The fraction of sp³-hybridized carbons (Fsp3) is 0.571. The molecule has 2 rings (SSSR count). The monoisotopic (exact) mass is 235 g/mol. The molecule has 1 fully saturated rings. The summed E-state index contributed by atoms with van der Waals surface area (Å²) < 4.78 is 5.16. The summed E-state index contributed by atoms with van der Waals surface area (Å²) in [6, 6.07) is 8.58. The van der Waals surface area contributed by atoms with Gasteiger partial charge in [0.1, 0.15) is 5.75 Å². The van der Waals surface area contributed by atoms with Gasteiger partial charge in [0.15, 0.2) is 0 Å². The summed E-state index contributed by atoms with van der Waals surface area (Å²) in [5, 5.41) is 12.8. The molecule has 0 spiro atoms. The van der Waals surface area contributed by atoms with Gasteiger partial charge in [-0.25, -0.2) is 0 Å². The van der Waals surface area contributed by atoms with Crippen molar-refractivity contribution in [3.8, 4) is 5.75 Å². The molecule has 0 aliphatic heterocycles. The molecule has 1 saturated carbocycles. The molecule has 17 heavy (non-hydrogen) atoms. The molecule has 0 amide bonds. The molecular weight excluding hydrogens is 214 g/mol. The number of nitrogens with one attached hydrogen (secondary N) is 1. The molecule has 0 heterocycles. The zero-order chi connectivity index (χ0) is 12.3. The highest BCUT2D eigenvalue weighted by Crippen LogP contribution is 2.41. The Labute approximate surface area is 103 Å². The molecule has 1 aromatic rings. The van der Waals surface area contributed by atoms with Crippen LogP contribution >= 0.6 is 0 Å². The summed E-state index contributed by atoms with van der Waals surface area (Å²) in [5.41, 5.74) is 1.29. The Hall–Kier alpha value is -1.06. The molecule has 2 atom stereocenters. The van der Waals surface area contributed by atoms with Crippen LogP contribution in [0.3, 0.4) is 0 Å². The van der Waals surface area contributed by atoms with Crippen molar-refractivity contribution in [3.05, 3.63) is 29.8 Å². The molecule has 3 heteroatoms. The molecule has 0 saturated heterocycles. The molecular formula is C14H21NO2. The number of aliphatic hydroxyl groups excluding tert-OH is 1. The number of methoxy groups -OCH3 is 1. The van der Waals surface area contributed by atoms with E-state index >= 15 is 0 Å². The van der Waals surface area contributed by atoms with Crippen molar-refractivity contribution in [3.63, 3.8) is 0 Å². The third kappa shape index (κ3) is 3.45. The lowest BCUT2D eigenvalue weighted by molar-refractivity contribution is 0.184. The van der Waals surface area contributed by atoms with Gasteiger partial charge in [-0.15, -0.1) is 0 Å². The Kier molecular flexibility index (Phi) is 4.02. The molecule has 94 valence electrons. The van der Waals surface area contributed by atoms with E-state index in [4.69, 9.17) is 4.74 Å². The van der Waals surface area contributed by atoms with Gasteiger partial charge in [0.2, 0.25) is 0 Å². The van der Waals surface area contributed by atoms with Crippen molar-refractivity contribution in [1.82, 2.24) is 5.32 Å². The van der Waals surface area contributed by atoms with Crippen LogP contribution in [-0.2, 0) is 0 Å². The summed E-state index contributed by atoms with van der Waals surface area (Å²) in [6.07, 6.45) is 2.27. The maximum atomic E-state index is 9.35. The van der Waals surface area contributed by atoms with Crippen LogP contribution in [0.4, 0.5) is 0 Å². The smallest absolute Gasteiger partial charge is 0.118 e. The minimum Gasteiger partial charge on any atom is -0.497 e. The maximum Gasteiger partial charge on any atom is 0.118 e. The van der Waals surface area contributed by atoms with Gasteiger partial charge in [0.25, 0.3) is 0 Å². The number of aliphatic hydroxyl groups is 1. The van der Waals surface area contributed by atoms with Gasteiger partial charge in [0.05, 0.1) is 13.2 Å². The normalized spacial score (nSPS) is 18.8. The summed E-state index contributed by atoms with van der Waals surface area (Å²) in [4.78, 5) is 0. The molecule has 0 radical (unpaired) electrons. The van der Waals surface area contributed by atoms with E-state index in [9.17, 15) is 5.11 Å². The second kappa shape index (κ2) is 5.52. The van der Waals surface area contributed by atoms with E-state index in [1.54, 1.807) is 7.11 Å². The first-order valence-electron chi connectivity index (χ1n) is 6.26. The Balaban J connectivity index is 2.03. The van der Waals surface area contributed by atoms with Gasteiger partial charge >= 0.3 is 0 Å². The molecule has 0 aromatic heterocycles. The van der Waals surface area contributed by atoms with Gasteiger partial charge in [-0.3, -0.25) is 0 Å². The quantitative estimate of drug-likeness (QED) is 0.793. The predicted octanol–water partition coefficient (Wildman–Crippen LogP) is 2.12. The van der Waals surface area contributed by atoms with E-state index in [-0.39, 0.29) is 6.10 Å². The number of hydrogen-bond donors (Lipinski definition) is 2. The maximum absolute atomic E-state index is 9.35. The molecule has 1 aliphatic rings. The standard InChI is InChI=1S/C14H21NO2/c1-10(16)9-15-14(11-3-4-11)12-5-7-13(17-2)8-6-12/h5-8,10-11,14-16H,3-4,9H2,1-2H3. The number of ether oxygens (including phenoxy) is 1. The first-order chi connectivity index (χ1) is 8.20. The first-order valence-corrected chi connectivity index (χ1v) is 6.26. The third-order valence-corrected chi connectivity index (χ3v) is 3.20. The predicted molar refractivity (Wildman–Crippen MR) is 68.1 cm³/mol. The van der Waals surface area contributed by atoms with Crippen LogP contribution in [-0.4, -0.2) is 24.9 Å². The lowest BCUT2D eigenvalue weighted by atomic mass is 10.0. The average molecular weight is 235 g/mol. The van der Waals surface area contributed by atoms with E-state index in [0.29, 0.717) is 12.6 Å². The van der Waals surface area contributed by atoms with Gasteiger partial charge in [0, 0.05) is 12.6 Å². The van der Waals surface area contributed by atoms with E-state index in [1.165, 1.54) is 18.4 Å². The zero-order valence-corrected chi connectivity index (χ0v) is 10.5. The number of rotatable bonds is 6. The van der Waals surface area contributed by atoms with E-state index in [1.807, 2.05) is 19.1 Å².